The molecule has 100 valence electrons. The molecule has 0 bridgehead atoms. The molecule has 1 unspecified atom stereocenters. The van der Waals surface area contributed by atoms with Crippen molar-refractivity contribution >= 4 is 5.69 Å². The monoisotopic (exact) mass is 253 g/mol. The van der Waals surface area contributed by atoms with Crippen LogP contribution in [0.1, 0.15) is 18.4 Å². The van der Waals surface area contributed by atoms with Crippen LogP contribution >= 0.6 is 0 Å². The molecular weight excluding hydrogens is 233 g/mol. The zero-order chi connectivity index (χ0) is 13.0. The Kier molecular flexibility index (Phi) is 4.55. The Bertz CT molecular complexity index is 373. The molecule has 0 heterocycles. The number of rotatable bonds is 7. The zero-order valence-electron chi connectivity index (χ0n) is 10.7. The Morgan fingerprint density at radius 1 is 1.44 bits per heavy atom. The second-order valence-corrected chi connectivity index (χ2v) is 5.03. The molecule has 2 rings (SSSR count). The first-order chi connectivity index (χ1) is 8.63. The highest BCUT2D eigenvalue weighted by atomic mass is 19.1. The minimum absolute atomic E-state index is 0.267. The SMILES string of the molecule is Cc1cc(F)cc(NCC(O)COCC2CC2)c1. The third kappa shape index (κ3) is 4.63. The molecule has 1 aromatic rings. The fourth-order valence-electron chi connectivity index (χ4n) is 1.79. The summed E-state index contributed by atoms with van der Waals surface area (Å²) in [5.74, 6) is 0.438. The maximum Gasteiger partial charge on any atom is 0.125 e. The van der Waals surface area contributed by atoms with E-state index in [-0.39, 0.29) is 5.82 Å². The molecule has 1 atom stereocenters. The quantitative estimate of drug-likeness (QED) is 0.783. The second-order valence-electron chi connectivity index (χ2n) is 5.03. The molecule has 4 heteroatoms. The highest BCUT2D eigenvalue weighted by molar-refractivity contribution is 5.46. The van der Waals surface area contributed by atoms with Crippen molar-refractivity contribution in [3.63, 3.8) is 0 Å². The molecule has 1 saturated carbocycles. The summed E-state index contributed by atoms with van der Waals surface area (Å²) in [5.41, 5.74) is 1.55. The average molecular weight is 253 g/mol. The lowest BCUT2D eigenvalue weighted by atomic mass is 10.2. The van der Waals surface area contributed by atoms with Crippen LogP contribution in [0, 0.1) is 18.7 Å². The van der Waals surface area contributed by atoms with E-state index in [1.165, 1.54) is 25.0 Å². The molecule has 0 aliphatic heterocycles. The Balaban J connectivity index is 1.68. The van der Waals surface area contributed by atoms with Crippen LogP contribution in [0.15, 0.2) is 18.2 Å². The Hall–Kier alpha value is -1.13. The first-order valence-electron chi connectivity index (χ1n) is 6.40. The van der Waals surface area contributed by atoms with Crippen LogP contribution in [0.3, 0.4) is 0 Å². The molecule has 0 spiro atoms. The van der Waals surface area contributed by atoms with Crippen LogP contribution < -0.4 is 5.32 Å². The maximum atomic E-state index is 13.1. The van der Waals surface area contributed by atoms with Gasteiger partial charge in [0.2, 0.25) is 0 Å². The van der Waals surface area contributed by atoms with E-state index in [1.54, 1.807) is 0 Å². The molecule has 18 heavy (non-hydrogen) atoms. The number of benzene rings is 1. The van der Waals surface area contributed by atoms with Gasteiger partial charge in [-0.2, -0.15) is 0 Å². The van der Waals surface area contributed by atoms with E-state index in [1.807, 2.05) is 13.0 Å². The van der Waals surface area contributed by atoms with Crippen molar-refractivity contribution < 1.29 is 14.2 Å². The number of halogens is 1. The average Bonchev–Trinajstić information content (AvgIpc) is 3.09. The van der Waals surface area contributed by atoms with Gasteiger partial charge in [0.15, 0.2) is 0 Å². The highest BCUT2D eigenvalue weighted by Gasteiger charge is 2.21. The lowest BCUT2D eigenvalue weighted by Gasteiger charge is -2.13. The molecule has 3 nitrogen and oxygen atoms in total. The summed E-state index contributed by atoms with van der Waals surface area (Å²) in [7, 11) is 0. The third-order valence-electron chi connectivity index (χ3n) is 2.94. The van der Waals surface area contributed by atoms with Crippen molar-refractivity contribution in [1.82, 2.24) is 0 Å². The summed E-state index contributed by atoms with van der Waals surface area (Å²) in [6.45, 7) is 3.28. The lowest BCUT2D eigenvalue weighted by Crippen LogP contribution is -2.25. The van der Waals surface area contributed by atoms with Crippen LogP contribution in [0.2, 0.25) is 0 Å². The van der Waals surface area contributed by atoms with Crippen molar-refractivity contribution in [2.24, 2.45) is 5.92 Å². The van der Waals surface area contributed by atoms with E-state index in [0.29, 0.717) is 24.8 Å². The van der Waals surface area contributed by atoms with Gasteiger partial charge in [0.1, 0.15) is 5.82 Å². The third-order valence-corrected chi connectivity index (χ3v) is 2.94. The minimum atomic E-state index is -0.563. The van der Waals surface area contributed by atoms with Crippen LogP contribution in [-0.4, -0.2) is 31.0 Å². The van der Waals surface area contributed by atoms with Gasteiger partial charge in [0, 0.05) is 18.8 Å². The number of hydrogen-bond donors (Lipinski definition) is 2. The lowest BCUT2D eigenvalue weighted by molar-refractivity contribution is 0.0386. The van der Waals surface area contributed by atoms with Crippen molar-refractivity contribution in [1.29, 1.82) is 0 Å². The number of nitrogens with one attached hydrogen (secondary N) is 1. The van der Waals surface area contributed by atoms with Gasteiger partial charge in [0.25, 0.3) is 0 Å². The molecule has 2 N–H and O–H groups in total. The largest absolute Gasteiger partial charge is 0.389 e. The van der Waals surface area contributed by atoms with Crippen molar-refractivity contribution in [2.75, 3.05) is 25.1 Å². The summed E-state index contributed by atoms with van der Waals surface area (Å²) >= 11 is 0. The first-order valence-corrected chi connectivity index (χ1v) is 6.40. The van der Waals surface area contributed by atoms with Gasteiger partial charge in [-0.05, 0) is 49.4 Å². The number of aliphatic hydroxyl groups is 1. The molecule has 1 aromatic carbocycles. The van der Waals surface area contributed by atoms with Gasteiger partial charge in [-0.1, -0.05) is 0 Å². The molecule has 0 saturated heterocycles. The minimum Gasteiger partial charge on any atom is -0.389 e. The Morgan fingerprint density at radius 3 is 2.89 bits per heavy atom. The van der Waals surface area contributed by atoms with E-state index in [4.69, 9.17) is 4.74 Å². The van der Waals surface area contributed by atoms with E-state index in [9.17, 15) is 9.50 Å². The van der Waals surface area contributed by atoms with Gasteiger partial charge in [-0.25, -0.2) is 4.39 Å². The van der Waals surface area contributed by atoms with Gasteiger partial charge in [-0.15, -0.1) is 0 Å². The second kappa shape index (κ2) is 6.16. The van der Waals surface area contributed by atoms with Gasteiger partial charge in [0.05, 0.1) is 12.7 Å². The van der Waals surface area contributed by atoms with Gasteiger partial charge in [-0.3, -0.25) is 0 Å². The standard InChI is InChI=1S/C14H20FNO2/c1-10-4-12(15)6-13(5-10)16-7-14(17)9-18-8-11-2-3-11/h4-6,11,14,16-17H,2-3,7-9H2,1H3. The number of anilines is 1. The zero-order valence-corrected chi connectivity index (χ0v) is 10.7. The molecule has 1 aliphatic rings. The maximum absolute atomic E-state index is 13.1. The van der Waals surface area contributed by atoms with Gasteiger partial charge >= 0.3 is 0 Å². The molecular formula is C14H20FNO2. The molecule has 1 aliphatic carbocycles. The highest BCUT2D eigenvalue weighted by Crippen LogP contribution is 2.28. The number of ether oxygens (including phenoxy) is 1. The van der Waals surface area contributed by atoms with E-state index in [2.05, 4.69) is 5.32 Å². The molecule has 0 aromatic heterocycles. The molecule has 1 fully saturated rings. The predicted molar refractivity (Wildman–Crippen MR) is 69.2 cm³/mol. The summed E-state index contributed by atoms with van der Waals surface area (Å²) < 4.78 is 18.5. The van der Waals surface area contributed by atoms with E-state index < -0.39 is 6.10 Å². The Labute approximate surface area is 107 Å². The van der Waals surface area contributed by atoms with Crippen LogP contribution in [-0.2, 0) is 4.74 Å². The topological polar surface area (TPSA) is 41.5 Å². The molecule has 0 radical (unpaired) electrons. The molecule has 0 amide bonds. The van der Waals surface area contributed by atoms with E-state index >= 15 is 0 Å². The van der Waals surface area contributed by atoms with Crippen molar-refractivity contribution in [2.45, 2.75) is 25.9 Å². The van der Waals surface area contributed by atoms with Crippen molar-refractivity contribution in [3.05, 3.63) is 29.6 Å². The number of aryl methyl sites for hydroxylation is 1. The summed E-state index contributed by atoms with van der Waals surface area (Å²) in [6, 6.07) is 4.74. The van der Waals surface area contributed by atoms with Gasteiger partial charge < -0.3 is 15.2 Å². The normalized spacial score (nSPS) is 16.6. The first kappa shape index (κ1) is 13.3. The smallest absolute Gasteiger partial charge is 0.125 e. The predicted octanol–water partition coefficient (Wildman–Crippen LogP) is 2.33. The summed E-state index contributed by atoms with van der Waals surface area (Å²) in [5, 5.41) is 12.7. The fraction of sp³-hybridized carbons (Fsp3) is 0.571. The van der Waals surface area contributed by atoms with Crippen molar-refractivity contribution in [3.8, 4) is 0 Å². The Morgan fingerprint density at radius 2 is 2.22 bits per heavy atom. The van der Waals surface area contributed by atoms with Crippen LogP contribution in [0.5, 0.6) is 0 Å². The van der Waals surface area contributed by atoms with E-state index in [0.717, 1.165) is 12.2 Å². The van der Waals surface area contributed by atoms with Crippen LogP contribution in [0.4, 0.5) is 10.1 Å². The fourth-order valence-corrected chi connectivity index (χ4v) is 1.79. The number of hydrogen-bond acceptors (Lipinski definition) is 3. The summed E-state index contributed by atoms with van der Waals surface area (Å²) in [6.07, 6.45) is 1.93. The number of aliphatic hydroxyl groups excluding tert-OH is 1. The van der Waals surface area contributed by atoms with Crippen LogP contribution in [0.25, 0.3) is 0 Å². The summed E-state index contributed by atoms with van der Waals surface area (Å²) in [4.78, 5) is 0.